The highest BCUT2D eigenvalue weighted by atomic mass is 32.1. The number of oxime groups is 1. The first-order valence-electron chi connectivity index (χ1n) is 6.64. The van der Waals surface area contributed by atoms with Crippen LogP contribution < -0.4 is 10.6 Å². The number of nitrogens with zero attached hydrogens (tertiary/aromatic N) is 4. The van der Waals surface area contributed by atoms with Crippen molar-refractivity contribution in [1.82, 2.24) is 9.97 Å². The second kappa shape index (κ2) is 6.53. The van der Waals surface area contributed by atoms with Crippen molar-refractivity contribution in [2.45, 2.75) is 33.4 Å². The van der Waals surface area contributed by atoms with E-state index in [2.05, 4.69) is 39.9 Å². The average Bonchev–Trinajstić information content (AvgIpc) is 2.95. The van der Waals surface area contributed by atoms with Gasteiger partial charge in [0.2, 0.25) is 5.95 Å². The molecule has 0 atom stereocenters. The minimum atomic E-state index is -0.0124. The van der Waals surface area contributed by atoms with Gasteiger partial charge in [0.05, 0.1) is 6.54 Å². The first kappa shape index (κ1) is 15.2. The van der Waals surface area contributed by atoms with Gasteiger partial charge in [-0.1, -0.05) is 11.2 Å². The molecule has 6 nitrogen and oxygen atoms in total. The summed E-state index contributed by atoms with van der Waals surface area (Å²) in [5.74, 6) is 0.571. The standard InChI is InChI=1S/C14H19N5OS/c1-9(2)19(8-11-5-4-6-21-11)14-16-10(3)7-12(17-14)13(15)18-20/h4-7,9,20H,8H2,1-3H3,(H2,15,18). The fraction of sp³-hybridized carbons (Fsp3) is 0.357. The van der Waals surface area contributed by atoms with Gasteiger partial charge in [-0.2, -0.15) is 0 Å². The SMILES string of the molecule is Cc1cc(/C(N)=N/O)nc(N(Cc2cccs2)C(C)C)n1. The minimum absolute atomic E-state index is 0.0124. The molecule has 0 aliphatic heterocycles. The van der Waals surface area contributed by atoms with Crippen molar-refractivity contribution in [1.29, 1.82) is 0 Å². The minimum Gasteiger partial charge on any atom is -0.409 e. The third-order valence-corrected chi connectivity index (χ3v) is 3.86. The molecular formula is C14H19N5OS. The highest BCUT2D eigenvalue weighted by Crippen LogP contribution is 2.19. The molecule has 7 heteroatoms. The Morgan fingerprint density at radius 2 is 2.24 bits per heavy atom. The summed E-state index contributed by atoms with van der Waals surface area (Å²) in [6.45, 7) is 6.77. The molecule has 0 amide bonds. The van der Waals surface area contributed by atoms with Crippen LogP contribution in [0.3, 0.4) is 0 Å². The van der Waals surface area contributed by atoms with Crippen molar-refractivity contribution in [2.24, 2.45) is 10.9 Å². The summed E-state index contributed by atoms with van der Waals surface area (Å²) < 4.78 is 0. The molecule has 112 valence electrons. The van der Waals surface area contributed by atoms with Crippen molar-refractivity contribution in [3.63, 3.8) is 0 Å². The van der Waals surface area contributed by atoms with Crippen LogP contribution in [0.1, 0.15) is 30.1 Å². The number of amidine groups is 1. The zero-order chi connectivity index (χ0) is 15.4. The molecule has 0 aromatic carbocycles. The fourth-order valence-corrected chi connectivity index (χ4v) is 2.62. The van der Waals surface area contributed by atoms with Crippen LogP contribution in [0.25, 0.3) is 0 Å². The zero-order valence-electron chi connectivity index (χ0n) is 12.3. The molecule has 3 N–H and O–H groups in total. The molecule has 0 unspecified atom stereocenters. The Morgan fingerprint density at radius 1 is 1.48 bits per heavy atom. The predicted molar refractivity (Wildman–Crippen MR) is 84.9 cm³/mol. The Hall–Kier alpha value is -2.15. The lowest BCUT2D eigenvalue weighted by Gasteiger charge is -2.26. The molecule has 0 fully saturated rings. The zero-order valence-corrected chi connectivity index (χ0v) is 13.1. The van der Waals surface area contributed by atoms with Gasteiger partial charge >= 0.3 is 0 Å². The van der Waals surface area contributed by atoms with E-state index < -0.39 is 0 Å². The Bertz CT molecular complexity index is 624. The first-order valence-corrected chi connectivity index (χ1v) is 7.52. The summed E-state index contributed by atoms with van der Waals surface area (Å²) in [5, 5.41) is 13.9. The highest BCUT2D eigenvalue weighted by molar-refractivity contribution is 7.09. The summed E-state index contributed by atoms with van der Waals surface area (Å²) in [5.41, 5.74) is 6.84. The van der Waals surface area contributed by atoms with Crippen molar-refractivity contribution in [2.75, 3.05) is 4.90 Å². The van der Waals surface area contributed by atoms with E-state index in [9.17, 15) is 0 Å². The average molecular weight is 305 g/mol. The van der Waals surface area contributed by atoms with Crippen molar-refractivity contribution >= 4 is 23.1 Å². The van der Waals surface area contributed by atoms with Crippen LogP contribution in [0.4, 0.5) is 5.95 Å². The predicted octanol–water partition coefficient (Wildman–Crippen LogP) is 2.36. The van der Waals surface area contributed by atoms with Crippen LogP contribution in [-0.2, 0) is 6.54 Å². The Labute approximate surface area is 128 Å². The number of hydrogen-bond donors (Lipinski definition) is 2. The van der Waals surface area contributed by atoms with Crippen LogP contribution in [0.2, 0.25) is 0 Å². The molecule has 0 saturated heterocycles. The summed E-state index contributed by atoms with van der Waals surface area (Å²) in [6.07, 6.45) is 0. The third kappa shape index (κ3) is 3.69. The summed E-state index contributed by atoms with van der Waals surface area (Å²) >= 11 is 1.70. The van der Waals surface area contributed by atoms with E-state index in [0.29, 0.717) is 11.6 Å². The first-order chi connectivity index (χ1) is 10.0. The monoisotopic (exact) mass is 305 g/mol. The number of hydrogen-bond acceptors (Lipinski definition) is 6. The lowest BCUT2D eigenvalue weighted by atomic mass is 10.3. The molecule has 2 aromatic rings. The number of thiophene rings is 1. The second-order valence-corrected chi connectivity index (χ2v) is 6.01. The molecule has 0 aliphatic carbocycles. The molecule has 2 heterocycles. The summed E-state index contributed by atoms with van der Waals surface area (Å²) in [6, 6.07) is 6.04. The van der Waals surface area contributed by atoms with Gasteiger partial charge in [-0.05, 0) is 38.3 Å². The normalized spacial score (nSPS) is 11.9. The van der Waals surface area contributed by atoms with Crippen LogP contribution in [-0.4, -0.2) is 27.1 Å². The number of aromatic nitrogens is 2. The van der Waals surface area contributed by atoms with Gasteiger partial charge in [0.25, 0.3) is 0 Å². The van der Waals surface area contributed by atoms with Crippen molar-refractivity contribution in [3.05, 3.63) is 39.8 Å². The number of anilines is 1. The third-order valence-electron chi connectivity index (χ3n) is 3.00. The molecule has 0 aliphatic rings. The maximum Gasteiger partial charge on any atom is 0.226 e. The van der Waals surface area contributed by atoms with E-state index in [1.807, 2.05) is 18.4 Å². The van der Waals surface area contributed by atoms with Crippen LogP contribution in [0, 0.1) is 6.92 Å². The van der Waals surface area contributed by atoms with Gasteiger partial charge < -0.3 is 15.8 Å². The van der Waals surface area contributed by atoms with Crippen LogP contribution in [0.5, 0.6) is 0 Å². The van der Waals surface area contributed by atoms with Crippen LogP contribution >= 0.6 is 11.3 Å². The van der Waals surface area contributed by atoms with E-state index in [4.69, 9.17) is 10.9 Å². The van der Waals surface area contributed by atoms with Gasteiger partial charge in [-0.3, -0.25) is 0 Å². The van der Waals surface area contributed by atoms with E-state index >= 15 is 0 Å². The molecule has 21 heavy (non-hydrogen) atoms. The van der Waals surface area contributed by atoms with Crippen LogP contribution in [0.15, 0.2) is 28.7 Å². The quantitative estimate of drug-likeness (QED) is 0.383. The molecule has 0 radical (unpaired) electrons. The second-order valence-electron chi connectivity index (χ2n) is 4.98. The van der Waals surface area contributed by atoms with E-state index in [1.165, 1.54) is 4.88 Å². The molecule has 0 saturated carbocycles. The maximum atomic E-state index is 8.82. The highest BCUT2D eigenvalue weighted by Gasteiger charge is 2.17. The summed E-state index contributed by atoms with van der Waals surface area (Å²) in [4.78, 5) is 12.2. The Kier molecular flexibility index (Phi) is 4.74. The summed E-state index contributed by atoms with van der Waals surface area (Å²) in [7, 11) is 0. The number of nitrogens with two attached hydrogens (primary N) is 1. The molecule has 0 spiro atoms. The van der Waals surface area contributed by atoms with E-state index in [1.54, 1.807) is 17.4 Å². The largest absolute Gasteiger partial charge is 0.409 e. The topological polar surface area (TPSA) is 87.6 Å². The van der Waals surface area contributed by atoms with Crippen molar-refractivity contribution < 1.29 is 5.21 Å². The molecule has 0 bridgehead atoms. The molecule has 2 rings (SSSR count). The molecule has 2 aromatic heterocycles. The van der Waals surface area contributed by atoms with Gasteiger partial charge in [0.15, 0.2) is 5.84 Å². The Balaban J connectivity index is 2.38. The maximum absolute atomic E-state index is 8.82. The fourth-order valence-electron chi connectivity index (χ4n) is 1.92. The van der Waals surface area contributed by atoms with Gasteiger partial charge in [0, 0.05) is 16.6 Å². The number of aryl methyl sites for hydroxylation is 1. The Morgan fingerprint density at radius 3 is 2.81 bits per heavy atom. The molecular weight excluding hydrogens is 286 g/mol. The van der Waals surface area contributed by atoms with Gasteiger partial charge in [0.1, 0.15) is 5.69 Å². The van der Waals surface area contributed by atoms with E-state index in [-0.39, 0.29) is 11.9 Å². The van der Waals surface area contributed by atoms with Gasteiger partial charge in [-0.15, -0.1) is 11.3 Å². The van der Waals surface area contributed by atoms with E-state index in [0.717, 1.165) is 12.2 Å². The lowest BCUT2D eigenvalue weighted by Crippen LogP contribution is -2.32. The van der Waals surface area contributed by atoms with Crippen molar-refractivity contribution in [3.8, 4) is 0 Å². The van der Waals surface area contributed by atoms with Gasteiger partial charge in [-0.25, -0.2) is 9.97 Å². The number of rotatable bonds is 5. The lowest BCUT2D eigenvalue weighted by molar-refractivity contribution is 0.318. The smallest absolute Gasteiger partial charge is 0.226 e.